The summed E-state index contributed by atoms with van der Waals surface area (Å²) in [6.45, 7) is 4.10. The van der Waals surface area contributed by atoms with E-state index in [1.54, 1.807) is 19.2 Å². The molecule has 0 saturated carbocycles. The maximum atomic E-state index is 13.0. The monoisotopic (exact) mass is 304 g/mol. The van der Waals surface area contributed by atoms with Gasteiger partial charge in [0.25, 0.3) is 0 Å². The second-order valence-electron chi connectivity index (χ2n) is 3.67. The molecule has 1 aromatic rings. The molecule has 1 rings (SSSR count). The van der Waals surface area contributed by atoms with E-state index < -0.39 is 0 Å². The Labute approximate surface area is 110 Å². The zero-order chi connectivity index (χ0) is 12.5. The van der Waals surface area contributed by atoms with E-state index in [1.807, 2.05) is 0 Å². The fourth-order valence-corrected chi connectivity index (χ4v) is 1.78. The van der Waals surface area contributed by atoms with Crippen molar-refractivity contribution in [2.45, 2.75) is 6.54 Å². The zero-order valence-electron chi connectivity index (χ0n) is 9.93. The number of hydrogen-bond acceptors (Lipinski definition) is 3. The van der Waals surface area contributed by atoms with E-state index in [0.717, 1.165) is 38.3 Å². The molecule has 0 aliphatic rings. The molecule has 0 aliphatic heterocycles. The van der Waals surface area contributed by atoms with Crippen molar-refractivity contribution in [1.29, 1.82) is 0 Å². The van der Waals surface area contributed by atoms with Crippen LogP contribution in [0.4, 0.5) is 4.39 Å². The van der Waals surface area contributed by atoms with E-state index in [-0.39, 0.29) is 5.82 Å². The maximum absolute atomic E-state index is 13.0. The number of ether oxygens (including phenoxy) is 1. The van der Waals surface area contributed by atoms with Gasteiger partial charge in [-0.15, -0.1) is 0 Å². The summed E-state index contributed by atoms with van der Waals surface area (Å²) >= 11 is 3.17. The van der Waals surface area contributed by atoms with Crippen molar-refractivity contribution in [2.24, 2.45) is 0 Å². The van der Waals surface area contributed by atoms with E-state index in [0.29, 0.717) is 4.47 Å². The molecule has 0 unspecified atom stereocenters. The highest BCUT2D eigenvalue weighted by atomic mass is 79.9. The summed E-state index contributed by atoms with van der Waals surface area (Å²) in [5, 5.41) is 6.51. The molecule has 0 aromatic heterocycles. The zero-order valence-corrected chi connectivity index (χ0v) is 11.5. The van der Waals surface area contributed by atoms with Crippen LogP contribution in [0.5, 0.6) is 0 Å². The van der Waals surface area contributed by atoms with Crippen LogP contribution in [0.15, 0.2) is 22.7 Å². The first-order chi connectivity index (χ1) is 8.24. The van der Waals surface area contributed by atoms with Crippen molar-refractivity contribution in [3.63, 3.8) is 0 Å². The van der Waals surface area contributed by atoms with Gasteiger partial charge in [-0.25, -0.2) is 4.39 Å². The summed E-state index contributed by atoms with van der Waals surface area (Å²) in [5.41, 5.74) is 1.06. The van der Waals surface area contributed by atoms with Crippen molar-refractivity contribution in [2.75, 3.05) is 33.4 Å². The van der Waals surface area contributed by atoms with Crippen molar-refractivity contribution >= 4 is 15.9 Å². The Kier molecular flexibility index (Phi) is 7.35. The first-order valence-electron chi connectivity index (χ1n) is 5.58. The summed E-state index contributed by atoms with van der Waals surface area (Å²) < 4.78 is 18.4. The summed E-state index contributed by atoms with van der Waals surface area (Å²) in [6.07, 6.45) is 0. The normalized spacial score (nSPS) is 10.8. The van der Waals surface area contributed by atoms with Crippen molar-refractivity contribution < 1.29 is 9.13 Å². The third-order valence-corrected chi connectivity index (χ3v) is 2.88. The van der Waals surface area contributed by atoms with E-state index in [1.165, 1.54) is 6.07 Å². The Morgan fingerprint density at radius 3 is 2.71 bits per heavy atom. The number of methoxy groups -OCH3 is 1. The smallest absolute Gasteiger partial charge is 0.137 e. The highest BCUT2D eigenvalue weighted by Gasteiger charge is 1.99. The van der Waals surface area contributed by atoms with Gasteiger partial charge in [0.2, 0.25) is 0 Å². The highest BCUT2D eigenvalue weighted by molar-refractivity contribution is 9.10. The second-order valence-corrected chi connectivity index (χ2v) is 4.52. The summed E-state index contributed by atoms with van der Waals surface area (Å²) in [4.78, 5) is 0. The van der Waals surface area contributed by atoms with Crippen LogP contribution in [0, 0.1) is 5.82 Å². The Balaban J connectivity index is 2.11. The Hall–Kier alpha value is -0.490. The minimum Gasteiger partial charge on any atom is -0.383 e. The number of halogens is 2. The molecule has 0 aliphatic carbocycles. The van der Waals surface area contributed by atoms with Crippen LogP contribution in [0.1, 0.15) is 5.56 Å². The van der Waals surface area contributed by atoms with Crippen molar-refractivity contribution in [1.82, 2.24) is 10.6 Å². The molecule has 0 fully saturated rings. The summed E-state index contributed by atoms with van der Waals surface area (Å²) in [6, 6.07) is 5.05. The lowest BCUT2D eigenvalue weighted by Crippen LogP contribution is -2.29. The molecule has 0 saturated heterocycles. The average Bonchev–Trinajstić information content (AvgIpc) is 2.32. The SMILES string of the molecule is COCCNCCNCc1ccc(F)c(Br)c1. The van der Waals surface area contributed by atoms with Crippen LogP contribution in [0.3, 0.4) is 0 Å². The molecule has 0 bridgehead atoms. The van der Waals surface area contributed by atoms with Gasteiger partial charge in [0.15, 0.2) is 0 Å². The standard InChI is InChI=1S/C12H18BrFN2O/c1-17-7-6-15-4-5-16-9-10-2-3-12(14)11(13)8-10/h2-3,8,15-16H,4-7,9H2,1H3. The van der Waals surface area contributed by atoms with Crippen molar-refractivity contribution in [3.05, 3.63) is 34.1 Å². The number of hydrogen-bond donors (Lipinski definition) is 2. The third-order valence-electron chi connectivity index (χ3n) is 2.27. The molecule has 96 valence electrons. The lowest BCUT2D eigenvalue weighted by atomic mass is 10.2. The molecule has 3 nitrogen and oxygen atoms in total. The molecule has 0 heterocycles. The van der Waals surface area contributed by atoms with Crippen LogP contribution in [0.25, 0.3) is 0 Å². The van der Waals surface area contributed by atoms with Gasteiger partial charge < -0.3 is 15.4 Å². The van der Waals surface area contributed by atoms with E-state index in [9.17, 15) is 4.39 Å². The van der Waals surface area contributed by atoms with Crippen LogP contribution in [-0.4, -0.2) is 33.4 Å². The Bertz CT molecular complexity index is 336. The fourth-order valence-electron chi connectivity index (χ4n) is 1.36. The number of rotatable bonds is 8. The van der Waals surface area contributed by atoms with Crippen LogP contribution in [-0.2, 0) is 11.3 Å². The van der Waals surface area contributed by atoms with Crippen LogP contribution < -0.4 is 10.6 Å². The second kappa shape index (κ2) is 8.58. The lowest BCUT2D eigenvalue weighted by Gasteiger charge is -2.07. The molecule has 0 radical (unpaired) electrons. The third kappa shape index (κ3) is 6.12. The van der Waals surface area contributed by atoms with Crippen molar-refractivity contribution in [3.8, 4) is 0 Å². The quantitative estimate of drug-likeness (QED) is 0.720. The molecule has 17 heavy (non-hydrogen) atoms. The van der Waals surface area contributed by atoms with Gasteiger partial charge in [0, 0.05) is 33.3 Å². The summed E-state index contributed by atoms with van der Waals surface area (Å²) in [7, 11) is 1.69. The van der Waals surface area contributed by atoms with E-state index >= 15 is 0 Å². The van der Waals surface area contributed by atoms with Gasteiger partial charge in [-0.05, 0) is 33.6 Å². The summed E-state index contributed by atoms with van der Waals surface area (Å²) in [5.74, 6) is -0.227. The predicted molar refractivity (Wildman–Crippen MR) is 70.6 cm³/mol. The van der Waals surface area contributed by atoms with Gasteiger partial charge in [-0.2, -0.15) is 0 Å². The molecular weight excluding hydrogens is 287 g/mol. The molecule has 1 aromatic carbocycles. The topological polar surface area (TPSA) is 33.3 Å². The fraction of sp³-hybridized carbons (Fsp3) is 0.500. The van der Waals surface area contributed by atoms with Gasteiger partial charge in [-0.3, -0.25) is 0 Å². The maximum Gasteiger partial charge on any atom is 0.137 e. The first-order valence-corrected chi connectivity index (χ1v) is 6.37. The van der Waals surface area contributed by atoms with Gasteiger partial charge >= 0.3 is 0 Å². The molecule has 0 amide bonds. The first kappa shape index (κ1) is 14.6. The highest BCUT2D eigenvalue weighted by Crippen LogP contribution is 2.16. The number of benzene rings is 1. The molecule has 0 spiro atoms. The van der Waals surface area contributed by atoms with Crippen LogP contribution >= 0.6 is 15.9 Å². The molecule has 0 atom stereocenters. The van der Waals surface area contributed by atoms with E-state index in [2.05, 4.69) is 26.6 Å². The van der Waals surface area contributed by atoms with Gasteiger partial charge in [0.1, 0.15) is 5.82 Å². The average molecular weight is 305 g/mol. The minimum absolute atomic E-state index is 0.227. The predicted octanol–water partition coefficient (Wildman–Crippen LogP) is 1.91. The minimum atomic E-state index is -0.227. The van der Waals surface area contributed by atoms with Crippen LogP contribution in [0.2, 0.25) is 0 Å². The largest absolute Gasteiger partial charge is 0.383 e. The van der Waals surface area contributed by atoms with Gasteiger partial charge in [0.05, 0.1) is 11.1 Å². The molecular formula is C12H18BrFN2O. The molecule has 5 heteroatoms. The number of nitrogens with one attached hydrogen (secondary N) is 2. The van der Waals surface area contributed by atoms with E-state index in [4.69, 9.17) is 4.74 Å². The molecule has 2 N–H and O–H groups in total. The Morgan fingerprint density at radius 2 is 2.00 bits per heavy atom. The Morgan fingerprint density at radius 1 is 1.24 bits per heavy atom. The van der Waals surface area contributed by atoms with Gasteiger partial charge in [-0.1, -0.05) is 6.07 Å². The lowest BCUT2D eigenvalue weighted by molar-refractivity contribution is 0.199.